The molecule has 2 aliphatic rings. The molecule has 0 aliphatic carbocycles. The van der Waals surface area contributed by atoms with E-state index in [9.17, 15) is 5.11 Å². The Labute approximate surface area is 101 Å². The first-order valence-electron chi connectivity index (χ1n) is 6.30. The van der Waals surface area contributed by atoms with Gasteiger partial charge in [0.1, 0.15) is 0 Å². The number of fused-ring (bicyclic) bond motifs is 2. The van der Waals surface area contributed by atoms with Crippen LogP contribution in [-0.4, -0.2) is 29.5 Å². The summed E-state index contributed by atoms with van der Waals surface area (Å²) in [6.07, 6.45) is 2.65. The number of aliphatic hydroxyl groups excluding tert-OH is 1. The van der Waals surface area contributed by atoms with Gasteiger partial charge in [-0.3, -0.25) is 0 Å². The highest BCUT2D eigenvalue weighted by atomic mass is 16.5. The van der Waals surface area contributed by atoms with E-state index in [-0.39, 0.29) is 24.4 Å². The lowest BCUT2D eigenvalue weighted by Crippen LogP contribution is -2.33. The largest absolute Gasteiger partial charge is 0.390 e. The predicted molar refractivity (Wildman–Crippen MR) is 63.5 cm³/mol. The van der Waals surface area contributed by atoms with Crippen LogP contribution in [0.15, 0.2) is 30.3 Å². The van der Waals surface area contributed by atoms with Crippen LogP contribution in [-0.2, 0) is 16.1 Å². The normalized spacial score (nSPS) is 36.1. The number of ether oxygens (including phenoxy) is 2. The fraction of sp³-hybridized carbons (Fsp3) is 0.571. The van der Waals surface area contributed by atoms with Crippen LogP contribution in [0.3, 0.4) is 0 Å². The zero-order valence-electron chi connectivity index (χ0n) is 9.79. The van der Waals surface area contributed by atoms with E-state index in [2.05, 4.69) is 12.1 Å². The van der Waals surface area contributed by atoms with Gasteiger partial charge in [-0.2, -0.15) is 0 Å². The number of hydrogen-bond acceptors (Lipinski definition) is 3. The molecule has 2 fully saturated rings. The van der Waals surface area contributed by atoms with E-state index in [4.69, 9.17) is 9.47 Å². The average molecular weight is 234 g/mol. The maximum atomic E-state index is 9.72. The number of rotatable bonds is 3. The van der Waals surface area contributed by atoms with Gasteiger partial charge in [-0.15, -0.1) is 0 Å². The molecule has 3 nitrogen and oxygen atoms in total. The van der Waals surface area contributed by atoms with Crippen LogP contribution >= 0.6 is 0 Å². The smallest absolute Gasteiger partial charge is 0.0863 e. The van der Waals surface area contributed by atoms with Gasteiger partial charge in [0.25, 0.3) is 0 Å². The Hall–Kier alpha value is -0.900. The standard InChI is InChI=1S/C14H18O3/c15-13-7-12-6-11(8-14(13)17-12)16-9-10-4-2-1-3-5-10/h1-5,11-15H,6-9H2/t11-,12+,13+,14-/m0/s1. The molecule has 3 heteroatoms. The maximum absolute atomic E-state index is 9.72. The third kappa shape index (κ3) is 2.51. The molecule has 0 aromatic heterocycles. The zero-order valence-corrected chi connectivity index (χ0v) is 9.79. The quantitative estimate of drug-likeness (QED) is 0.868. The molecule has 0 radical (unpaired) electrons. The molecule has 92 valence electrons. The fourth-order valence-corrected chi connectivity index (χ4v) is 2.75. The summed E-state index contributed by atoms with van der Waals surface area (Å²) in [7, 11) is 0. The molecule has 0 amide bonds. The fourth-order valence-electron chi connectivity index (χ4n) is 2.75. The summed E-state index contributed by atoms with van der Waals surface area (Å²) in [6.45, 7) is 0.654. The van der Waals surface area contributed by atoms with E-state index in [0.717, 1.165) is 19.3 Å². The summed E-state index contributed by atoms with van der Waals surface area (Å²) in [5.74, 6) is 0. The highest BCUT2D eigenvalue weighted by Crippen LogP contribution is 2.34. The monoisotopic (exact) mass is 234 g/mol. The van der Waals surface area contributed by atoms with Gasteiger partial charge in [-0.05, 0) is 12.0 Å². The van der Waals surface area contributed by atoms with Crippen LogP contribution in [0.2, 0.25) is 0 Å². The van der Waals surface area contributed by atoms with Crippen molar-refractivity contribution in [2.75, 3.05) is 0 Å². The molecule has 1 N–H and O–H groups in total. The predicted octanol–water partition coefficient (Wildman–Crippen LogP) is 1.88. The van der Waals surface area contributed by atoms with Crippen molar-refractivity contribution >= 4 is 0 Å². The van der Waals surface area contributed by atoms with Crippen molar-refractivity contribution in [3.63, 3.8) is 0 Å². The van der Waals surface area contributed by atoms with Crippen molar-refractivity contribution in [3.8, 4) is 0 Å². The molecular weight excluding hydrogens is 216 g/mol. The van der Waals surface area contributed by atoms with Gasteiger partial charge in [-0.1, -0.05) is 30.3 Å². The first kappa shape index (κ1) is 11.2. The lowest BCUT2D eigenvalue weighted by molar-refractivity contribution is -0.0971. The Bertz CT molecular complexity index is 363. The van der Waals surface area contributed by atoms with Gasteiger partial charge >= 0.3 is 0 Å². The highest BCUT2D eigenvalue weighted by molar-refractivity contribution is 5.13. The highest BCUT2D eigenvalue weighted by Gasteiger charge is 2.41. The van der Waals surface area contributed by atoms with Crippen LogP contribution in [0.5, 0.6) is 0 Å². The molecule has 17 heavy (non-hydrogen) atoms. The van der Waals surface area contributed by atoms with Gasteiger partial charge < -0.3 is 14.6 Å². The van der Waals surface area contributed by atoms with Crippen molar-refractivity contribution < 1.29 is 14.6 Å². The third-order valence-electron chi connectivity index (χ3n) is 3.65. The molecule has 2 aliphatic heterocycles. The van der Waals surface area contributed by atoms with Crippen molar-refractivity contribution in [2.24, 2.45) is 0 Å². The number of aliphatic hydroxyl groups is 1. The van der Waals surface area contributed by atoms with Crippen LogP contribution in [0, 0.1) is 0 Å². The van der Waals surface area contributed by atoms with E-state index in [1.807, 2.05) is 18.2 Å². The summed E-state index contributed by atoms with van der Waals surface area (Å²) in [5.41, 5.74) is 1.20. The molecule has 2 bridgehead atoms. The van der Waals surface area contributed by atoms with Crippen LogP contribution in [0.4, 0.5) is 0 Å². The second-order valence-electron chi connectivity index (χ2n) is 4.99. The van der Waals surface area contributed by atoms with Gasteiger partial charge in [0.05, 0.1) is 31.0 Å². The molecule has 0 saturated carbocycles. The molecule has 3 rings (SSSR count). The average Bonchev–Trinajstić information content (AvgIpc) is 2.62. The third-order valence-corrected chi connectivity index (χ3v) is 3.65. The Balaban J connectivity index is 1.54. The summed E-state index contributed by atoms with van der Waals surface area (Å²) in [5, 5.41) is 9.72. The lowest BCUT2D eigenvalue weighted by Gasteiger charge is -2.28. The van der Waals surface area contributed by atoms with E-state index in [1.165, 1.54) is 5.56 Å². The zero-order chi connectivity index (χ0) is 11.7. The van der Waals surface area contributed by atoms with E-state index >= 15 is 0 Å². The summed E-state index contributed by atoms with van der Waals surface area (Å²) < 4.78 is 11.6. The summed E-state index contributed by atoms with van der Waals surface area (Å²) >= 11 is 0. The SMILES string of the molecule is O[C@@H]1C[C@H]2C[C@H](OCc3ccccc3)C[C@@H]1O2. The van der Waals surface area contributed by atoms with E-state index in [0.29, 0.717) is 6.61 Å². The first-order chi connectivity index (χ1) is 8.31. The molecule has 2 heterocycles. The molecule has 1 aromatic carbocycles. The van der Waals surface area contributed by atoms with Crippen molar-refractivity contribution in [1.82, 2.24) is 0 Å². The second kappa shape index (κ2) is 4.77. The molecular formula is C14H18O3. The maximum Gasteiger partial charge on any atom is 0.0863 e. The van der Waals surface area contributed by atoms with Gasteiger partial charge in [0.2, 0.25) is 0 Å². The minimum absolute atomic E-state index is 0.00507. The Morgan fingerprint density at radius 3 is 2.76 bits per heavy atom. The van der Waals surface area contributed by atoms with Crippen LogP contribution in [0.1, 0.15) is 24.8 Å². The molecule has 2 saturated heterocycles. The van der Waals surface area contributed by atoms with Gasteiger partial charge in [0.15, 0.2) is 0 Å². The van der Waals surface area contributed by atoms with Crippen molar-refractivity contribution in [3.05, 3.63) is 35.9 Å². The van der Waals surface area contributed by atoms with Crippen molar-refractivity contribution in [1.29, 1.82) is 0 Å². The van der Waals surface area contributed by atoms with Gasteiger partial charge in [0, 0.05) is 12.8 Å². The van der Waals surface area contributed by atoms with Crippen LogP contribution in [0.25, 0.3) is 0 Å². The van der Waals surface area contributed by atoms with E-state index < -0.39 is 0 Å². The molecule has 1 aromatic rings. The molecule has 0 unspecified atom stereocenters. The van der Waals surface area contributed by atoms with Gasteiger partial charge in [-0.25, -0.2) is 0 Å². The minimum atomic E-state index is -0.287. The number of benzene rings is 1. The molecule has 0 spiro atoms. The molecule has 4 atom stereocenters. The lowest BCUT2D eigenvalue weighted by atomic mass is 10.1. The summed E-state index contributed by atoms with van der Waals surface area (Å²) in [4.78, 5) is 0. The number of hydrogen-bond donors (Lipinski definition) is 1. The van der Waals surface area contributed by atoms with Crippen LogP contribution < -0.4 is 0 Å². The Morgan fingerprint density at radius 1 is 1.18 bits per heavy atom. The topological polar surface area (TPSA) is 38.7 Å². The Morgan fingerprint density at radius 2 is 2.00 bits per heavy atom. The first-order valence-corrected chi connectivity index (χ1v) is 6.30. The Kier molecular flexibility index (Phi) is 3.14. The summed E-state index contributed by atoms with van der Waals surface area (Å²) in [6, 6.07) is 10.2. The van der Waals surface area contributed by atoms with Crippen molar-refractivity contribution in [2.45, 2.75) is 50.3 Å². The van der Waals surface area contributed by atoms with E-state index in [1.54, 1.807) is 0 Å². The minimum Gasteiger partial charge on any atom is -0.390 e. The second-order valence-corrected chi connectivity index (χ2v) is 4.99.